The Balaban J connectivity index is 1.49. The molecule has 2 aromatic carbocycles. The molecule has 3 heterocycles. The number of aromatic nitrogens is 4. The highest BCUT2D eigenvalue weighted by atomic mass is 16.5. The first kappa shape index (κ1) is 15.7. The number of rotatable bonds is 2. The van der Waals surface area contributed by atoms with E-state index in [0.717, 1.165) is 39.4 Å². The van der Waals surface area contributed by atoms with Crippen LogP contribution in [-0.2, 0) is 20.2 Å². The zero-order valence-electron chi connectivity index (χ0n) is 15.0. The normalized spacial score (nSPS) is 12.8. The number of hydrogen-bond acceptors (Lipinski definition) is 4. The van der Waals surface area contributed by atoms with Crippen LogP contribution in [0.5, 0.6) is 5.75 Å². The smallest absolute Gasteiger partial charge is 0.130 e. The molecule has 134 valence electrons. The van der Waals surface area contributed by atoms with E-state index in [2.05, 4.69) is 35.4 Å². The third-order valence-corrected chi connectivity index (χ3v) is 4.99. The average molecular weight is 357 g/mol. The van der Waals surface area contributed by atoms with Gasteiger partial charge in [-0.1, -0.05) is 42.5 Å². The lowest BCUT2D eigenvalue weighted by Crippen LogP contribution is -2.03. The van der Waals surface area contributed by atoms with E-state index in [-0.39, 0.29) is 0 Å². The Morgan fingerprint density at radius 3 is 2.67 bits per heavy atom. The lowest BCUT2D eigenvalue weighted by Gasteiger charge is -2.09. The van der Waals surface area contributed by atoms with Crippen LogP contribution in [-0.4, -0.2) is 19.6 Å². The number of nitrogen functional groups attached to an aromatic ring is 1. The second kappa shape index (κ2) is 6.02. The summed E-state index contributed by atoms with van der Waals surface area (Å²) in [5, 5.41) is 9.00. The molecule has 0 saturated heterocycles. The predicted octanol–water partition coefficient (Wildman–Crippen LogP) is 3.47. The highest BCUT2D eigenvalue weighted by Crippen LogP contribution is 2.33. The van der Waals surface area contributed by atoms with Crippen LogP contribution in [0.3, 0.4) is 0 Å². The SMILES string of the molecule is Cn1ncc(-c2ccc3c(c2)OCc2cc(-c4ccccc4)nn2C3)c1N. The van der Waals surface area contributed by atoms with Gasteiger partial charge in [0, 0.05) is 23.7 Å². The molecule has 0 saturated carbocycles. The Hall–Kier alpha value is -3.54. The molecule has 0 bridgehead atoms. The fourth-order valence-corrected chi connectivity index (χ4v) is 3.43. The minimum absolute atomic E-state index is 0.485. The molecule has 4 aromatic rings. The van der Waals surface area contributed by atoms with Crippen LogP contribution in [0.4, 0.5) is 5.82 Å². The first-order chi connectivity index (χ1) is 13.2. The standard InChI is InChI=1S/C21H19N5O/c1-25-21(22)18(11-23-25)15-7-8-16-12-26-17(13-27-20(16)9-15)10-19(24-26)14-5-3-2-4-6-14/h2-11H,12-13,22H2,1H3. The number of nitrogens with zero attached hydrogens (tertiary/aromatic N) is 4. The minimum atomic E-state index is 0.485. The number of benzene rings is 2. The Morgan fingerprint density at radius 2 is 1.89 bits per heavy atom. The van der Waals surface area contributed by atoms with E-state index in [1.54, 1.807) is 10.9 Å². The van der Waals surface area contributed by atoms with Gasteiger partial charge in [0.05, 0.1) is 24.1 Å². The lowest BCUT2D eigenvalue weighted by molar-refractivity contribution is 0.302. The van der Waals surface area contributed by atoms with Crippen molar-refractivity contribution in [1.29, 1.82) is 0 Å². The fraction of sp³-hybridized carbons (Fsp3) is 0.143. The van der Waals surface area contributed by atoms with E-state index in [4.69, 9.17) is 15.6 Å². The average Bonchev–Trinajstić information content (AvgIpc) is 3.20. The zero-order valence-corrected chi connectivity index (χ0v) is 15.0. The first-order valence-electron chi connectivity index (χ1n) is 8.85. The van der Waals surface area contributed by atoms with E-state index >= 15 is 0 Å². The van der Waals surface area contributed by atoms with Crippen LogP contribution in [0.25, 0.3) is 22.4 Å². The molecule has 2 N–H and O–H groups in total. The molecule has 0 atom stereocenters. The van der Waals surface area contributed by atoms with Gasteiger partial charge in [-0.15, -0.1) is 0 Å². The van der Waals surface area contributed by atoms with Crippen molar-refractivity contribution < 1.29 is 4.74 Å². The number of hydrogen-bond donors (Lipinski definition) is 1. The number of anilines is 1. The molecule has 0 unspecified atom stereocenters. The van der Waals surface area contributed by atoms with Crippen LogP contribution in [0.2, 0.25) is 0 Å². The van der Waals surface area contributed by atoms with E-state index in [9.17, 15) is 0 Å². The van der Waals surface area contributed by atoms with Crippen molar-refractivity contribution >= 4 is 5.82 Å². The third kappa shape index (κ3) is 2.66. The van der Waals surface area contributed by atoms with Crippen LogP contribution in [0.15, 0.2) is 60.8 Å². The van der Waals surface area contributed by atoms with E-state index < -0.39 is 0 Å². The lowest BCUT2D eigenvalue weighted by atomic mass is 10.1. The summed E-state index contributed by atoms with van der Waals surface area (Å²) < 4.78 is 9.79. The summed E-state index contributed by atoms with van der Waals surface area (Å²) in [7, 11) is 1.84. The van der Waals surface area contributed by atoms with Crippen LogP contribution >= 0.6 is 0 Å². The second-order valence-electron chi connectivity index (χ2n) is 6.72. The van der Waals surface area contributed by atoms with Crippen molar-refractivity contribution in [2.75, 3.05) is 5.73 Å². The van der Waals surface area contributed by atoms with Gasteiger partial charge in [-0.2, -0.15) is 10.2 Å². The Morgan fingerprint density at radius 1 is 1.04 bits per heavy atom. The second-order valence-corrected chi connectivity index (χ2v) is 6.72. The first-order valence-corrected chi connectivity index (χ1v) is 8.85. The van der Waals surface area contributed by atoms with Gasteiger partial charge in [0.1, 0.15) is 18.2 Å². The van der Waals surface area contributed by atoms with Crippen molar-refractivity contribution in [3.63, 3.8) is 0 Å². The van der Waals surface area contributed by atoms with Crippen molar-refractivity contribution in [3.8, 4) is 28.1 Å². The molecule has 27 heavy (non-hydrogen) atoms. The maximum atomic E-state index is 6.11. The van der Waals surface area contributed by atoms with Gasteiger partial charge in [0.25, 0.3) is 0 Å². The summed E-state index contributed by atoms with van der Waals surface area (Å²) in [6.45, 7) is 1.17. The summed E-state index contributed by atoms with van der Waals surface area (Å²) in [5.41, 5.74) is 12.3. The van der Waals surface area contributed by atoms with Gasteiger partial charge >= 0.3 is 0 Å². The van der Waals surface area contributed by atoms with Gasteiger partial charge in [0.2, 0.25) is 0 Å². The molecule has 0 radical (unpaired) electrons. The molecule has 0 amide bonds. The molecule has 5 rings (SSSR count). The number of ether oxygens (including phenoxy) is 1. The number of fused-ring (bicyclic) bond motifs is 2. The maximum absolute atomic E-state index is 6.11. The molecule has 0 fully saturated rings. The fourth-order valence-electron chi connectivity index (χ4n) is 3.43. The van der Waals surface area contributed by atoms with Crippen molar-refractivity contribution in [2.45, 2.75) is 13.2 Å². The quantitative estimate of drug-likeness (QED) is 0.596. The van der Waals surface area contributed by atoms with Crippen molar-refractivity contribution in [2.24, 2.45) is 7.05 Å². The highest BCUT2D eigenvalue weighted by molar-refractivity contribution is 5.75. The molecule has 6 heteroatoms. The molecule has 0 aliphatic carbocycles. The number of aryl methyl sites for hydroxylation is 1. The van der Waals surface area contributed by atoms with Gasteiger partial charge in [-0.05, 0) is 17.7 Å². The van der Waals surface area contributed by atoms with E-state index in [0.29, 0.717) is 19.0 Å². The van der Waals surface area contributed by atoms with Crippen LogP contribution in [0.1, 0.15) is 11.3 Å². The van der Waals surface area contributed by atoms with Gasteiger partial charge in [-0.25, -0.2) is 0 Å². The Bertz CT molecular complexity index is 1130. The monoisotopic (exact) mass is 357 g/mol. The molecule has 6 nitrogen and oxygen atoms in total. The van der Waals surface area contributed by atoms with E-state index in [1.165, 1.54) is 0 Å². The summed E-state index contributed by atoms with van der Waals surface area (Å²) in [5.74, 6) is 1.51. The number of nitrogens with two attached hydrogens (primary N) is 1. The van der Waals surface area contributed by atoms with Gasteiger partial charge in [0.15, 0.2) is 0 Å². The summed E-state index contributed by atoms with van der Waals surface area (Å²) >= 11 is 0. The van der Waals surface area contributed by atoms with Gasteiger partial charge in [-0.3, -0.25) is 9.36 Å². The largest absolute Gasteiger partial charge is 0.487 e. The molecular formula is C21H19N5O. The zero-order chi connectivity index (χ0) is 18.4. The Kier molecular flexibility index (Phi) is 3.50. The van der Waals surface area contributed by atoms with Crippen LogP contribution in [0, 0.1) is 0 Å². The summed E-state index contributed by atoms with van der Waals surface area (Å²) in [4.78, 5) is 0. The Labute approximate surface area is 156 Å². The molecule has 2 aromatic heterocycles. The van der Waals surface area contributed by atoms with Crippen molar-refractivity contribution in [3.05, 3.63) is 72.1 Å². The van der Waals surface area contributed by atoms with Gasteiger partial charge < -0.3 is 10.5 Å². The topological polar surface area (TPSA) is 70.9 Å². The minimum Gasteiger partial charge on any atom is -0.487 e. The molecule has 1 aliphatic heterocycles. The molecule has 1 aliphatic rings. The highest BCUT2D eigenvalue weighted by Gasteiger charge is 2.18. The van der Waals surface area contributed by atoms with Crippen molar-refractivity contribution in [1.82, 2.24) is 19.6 Å². The summed E-state index contributed by atoms with van der Waals surface area (Å²) in [6.07, 6.45) is 1.78. The maximum Gasteiger partial charge on any atom is 0.130 e. The summed E-state index contributed by atoms with van der Waals surface area (Å²) in [6, 6.07) is 18.5. The van der Waals surface area contributed by atoms with Crippen LogP contribution < -0.4 is 10.5 Å². The third-order valence-electron chi connectivity index (χ3n) is 4.99. The molecular weight excluding hydrogens is 338 g/mol. The van der Waals surface area contributed by atoms with E-state index in [1.807, 2.05) is 36.0 Å². The molecule has 0 spiro atoms. The predicted molar refractivity (Wildman–Crippen MR) is 104 cm³/mol.